The van der Waals surface area contributed by atoms with Crippen molar-refractivity contribution in [2.75, 3.05) is 0 Å². The lowest BCUT2D eigenvalue weighted by atomic mass is 9.88. The number of hydrogen-bond acceptors (Lipinski definition) is 2. The summed E-state index contributed by atoms with van der Waals surface area (Å²) < 4.78 is 0. The first kappa shape index (κ1) is 13.4. The molecule has 2 N–H and O–H groups in total. The molecule has 0 aliphatic carbocycles. The Balaban J connectivity index is 1.91. The molecule has 2 aliphatic rings. The average Bonchev–Trinajstić information content (AvgIpc) is 2.89. The van der Waals surface area contributed by atoms with E-state index in [1.807, 2.05) is 18.2 Å². The van der Waals surface area contributed by atoms with E-state index in [1.165, 1.54) is 5.56 Å². The Kier molecular flexibility index (Phi) is 2.79. The fourth-order valence-corrected chi connectivity index (χ4v) is 3.90. The third-order valence-corrected chi connectivity index (χ3v) is 4.92. The molecule has 5 heteroatoms. The summed E-state index contributed by atoms with van der Waals surface area (Å²) in [6.07, 6.45) is 1.38. The highest BCUT2D eigenvalue weighted by atomic mass is 16.2. The minimum atomic E-state index is -0.441. The van der Waals surface area contributed by atoms with E-state index in [1.54, 1.807) is 11.8 Å². The fourth-order valence-electron chi connectivity index (χ4n) is 3.90. The number of aromatic nitrogens is 1. The van der Waals surface area contributed by atoms with E-state index in [-0.39, 0.29) is 23.9 Å². The number of rotatable bonds is 1. The van der Waals surface area contributed by atoms with Gasteiger partial charge < -0.3 is 15.2 Å². The van der Waals surface area contributed by atoms with Gasteiger partial charge in [0.1, 0.15) is 12.1 Å². The number of nitrogens with zero attached hydrogens (tertiary/aromatic N) is 1. The van der Waals surface area contributed by atoms with Gasteiger partial charge in [0, 0.05) is 23.0 Å². The highest BCUT2D eigenvalue weighted by molar-refractivity contribution is 5.98. The Morgan fingerprint density at radius 2 is 2.05 bits per heavy atom. The molecule has 2 aromatic rings. The number of nitrogens with one attached hydrogen (secondary N) is 2. The van der Waals surface area contributed by atoms with Crippen LogP contribution >= 0.6 is 0 Å². The third-order valence-electron chi connectivity index (χ3n) is 4.92. The molecule has 2 aliphatic heterocycles. The van der Waals surface area contributed by atoms with Gasteiger partial charge in [0.2, 0.25) is 11.8 Å². The summed E-state index contributed by atoms with van der Waals surface area (Å²) in [6.45, 7) is 3.82. The van der Waals surface area contributed by atoms with Crippen LogP contribution in [0.3, 0.4) is 0 Å². The van der Waals surface area contributed by atoms with Gasteiger partial charge in [-0.05, 0) is 25.0 Å². The molecule has 1 fully saturated rings. The summed E-state index contributed by atoms with van der Waals surface area (Å²) in [5, 5.41) is 3.97. The molecule has 22 heavy (non-hydrogen) atoms. The van der Waals surface area contributed by atoms with Gasteiger partial charge in [0.05, 0.1) is 6.04 Å². The van der Waals surface area contributed by atoms with E-state index >= 15 is 0 Å². The molecule has 0 radical (unpaired) electrons. The average molecular weight is 297 g/mol. The summed E-state index contributed by atoms with van der Waals surface area (Å²) >= 11 is 0. The zero-order valence-electron chi connectivity index (χ0n) is 12.7. The summed E-state index contributed by atoms with van der Waals surface area (Å²) in [5.41, 5.74) is 3.35. The van der Waals surface area contributed by atoms with E-state index in [9.17, 15) is 9.59 Å². The summed E-state index contributed by atoms with van der Waals surface area (Å²) in [5.74, 6) is -0.0257. The SMILES string of the molecule is CCC1c2[nH]c3ccccc3c2C[C@H]2C(=O)NC(C)C(=O)N12. The van der Waals surface area contributed by atoms with E-state index in [4.69, 9.17) is 0 Å². The first-order valence-corrected chi connectivity index (χ1v) is 7.83. The van der Waals surface area contributed by atoms with Crippen molar-refractivity contribution in [3.05, 3.63) is 35.5 Å². The molecule has 2 amide bonds. The fraction of sp³-hybridized carbons (Fsp3) is 0.412. The Bertz CT molecular complexity index is 779. The predicted octanol–water partition coefficient (Wildman–Crippen LogP) is 1.89. The number of aromatic amines is 1. The molecule has 2 unspecified atom stereocenters. The van der Waals surface area contributed by atoms with Crippen LogP contribution in [0.4, 0.5) is 0 Å². The minimum Gasteiger partial charge on any atom is -0.356 e. The van der Waals surface area contributed by atoms with Crippen molar-refractivity contribution in [2.45, 2.75) is 44.8 Å². The molecule has 4 rings (SSSR count). The molecule has 0 saturated carbocycles. The maximum atomic E-state index is 12.6. The molecule has 1 aromatic heterocycles. The minimum absolute atomic E-state index is 0.0146. The summed E-state index contributed by atoms with van der Waals surface area (Å²) in [4.78, 5) is 30.3. The predicted molar refractivity (Wildman–Crippen MR) is 83.3 cm³/mol. The monoisotopic (exact) mass is 297 g/mol. The van der Waals surface area contributed by atoms with Crippen LogP contribution in [0.15, 0.2) is 24.3 Å². The maximum Gasteiger partial charge on any atom is 0.246 e. The second-order valence-corrected chi connectivity index (χ2v) is 6.18. The highest BCUT2D eigenvalue weighted by Crippen LogP contribution is 2.40. The first-order valence-electron chi connectivity index (χ1n) is 7.83. The number of fused-ring (bicyclic) bond motifs is 4. The second-order valence-electron chi connectivity index (χ2n) is 6.18. The zero-order chi connectivity index (χ0) is 15.4. The molecule has 0 bridgehead atoms. The van der Waals surface area contributed by atoms with Crippen LogP contribution in [0.5, 0.6) is 0 Å². The first-order chi connectivity index (χ1) is 10.6. The number of hydrogen-bond donors (Lipinski definition) is 2. The number of benzene rings is 1. The molecule has 0 spiro atoms. The van der Waals surface area contributed by atoms with E-state index in [2.05, 4.69) is 23.3 Å². The van der Waals surface area contributed by atoms with Gasteiger partial charge in [-0.2, -0.15) is 0 Å². The van der Waals surface area contributed by atoms with Gasteiger partial charge in [-0.1, -0.05) is 25.1 Å². The van der Waals surface area contributed by atoms with Crippen molar-refractivity contribution < 1.29 is 9.59 Å². The molecular formula is C17H19N3O2. The Labute approximate surface area is 128 Å². The van der Waals surface area contributed by atoms with Crippen molar-refractivity contribution in [2.24, 2.45) is 0 Å². The van der Waals surface area contributed by atoms with Crippen molar-refractivity contribution in [1.29, 1.82) is 0 Å². The Morgan fingerprint density at radius 3 is 2.82 bits per heavy atom. The molecular weight excluding hydrogens is 278 g/mol. The molecule has 3 heterocycles. The smallest absolute Gasteiger partial charge is 0.246 e. The van der Waals surface area contributed by atoms with Crippen LogP contribution in [0.2, 0.25) is 0 Å². The van der Waals surface area contributed by atoms with Crippen LogP contribution in [0.25, 0.3) is 10.9 Å². The van der Waals surface area contributed by atoms with Crippen LogP contribution in [0, 0.1) is 0 Å². The topological polar surface area (TPSA) is 65.2 Å². The van der Waals surface area contributed by atoms with E-state index < -0.39 is 6.04 Å². The molecule has 1 aromatic carbocycles. The highest BCUT2D eigenvalue weighted by Gasteiger charge is 2.46. The lowest BCUT2D eigenvalue weighted by Gasteiger charge is -2.45. The van der Waals surface area contributed by atoms with E-state index in [0.717, 1.165) is 23.0 Å². The van der Waals surface area contributed by atoms with Crippen molar-refractivity contribution in [3.8, 4) is 0 Å². The number of piperazine rings is 1. The summed E-state index contributed by atoms with van der Waals surface area (Å²) in [6, 6.07) is 7.25. The Morgan fingerprint density at radius 1 is 1.27 bits per heavy atom. The molecule has 114 valence electrons. The molecule has 1 saturated heterocycles. The second kappa shape index (κ2) is 4.60. The Hall–Kier alpha value is -2.30. The molecule has 5 nitrogen and oxygen atoms in total. The number of carbonyl (C=O) groups excluding carboxylic acids is 2. The van der Waals surface area contributed by atoms with Gasteiger partial charge in [-0.15, -0.1) is 0 Å². The largest absolute Gasteiger partial charge is 0.356 e. The lowest BCUT2D eigenvalue weighted by molar-refractivity contribution is -0.152. The maximum absolute atomic E-state index is 12.6. The lowest BCUT2D eigenvalue weighted by Crippen LogP contribution is -2.65. The number of para-hydroxylation sites is 1. The number of carbonyl (C=O) groups is 2. The number of amides is 2. The van der Waals surface area contributed by atoms with Gasteiger partial charge >= 0.3 is 0 Å². The quantitative estimate of drug-likeness (QED) is 0.844. The van der Waals surface area contributed by atoms with E-state index in [0.29, 0.717) is 6.42 Å². The molecule has 3 atom stereocenters. The standard InChI is InChI=1S/C17H19N3O2/c1-3-13-15-11(10-6-4-5-7-12(10)19-15)8-14-16(21)18-9(2)17(22)20(13)14/h4-7,9,13-14,19H,3,8H2,1-2H3,(H,18,21)/t9?,13?,14-/m0/s1. The van der Waals surface area contributed by atoms with Gasteiger partial charge in [-0.3, -0.25) is 9.59 Å². The van der Waals surface area contributed by atoms with Crippen molar-refractivity contribution in [3.63, 3.8) is 0 Å². The van der Waals surface area contributed by atoms with Gasteiger partial charge in [-0.25, -0.2) is 0 Å². The van der Waals surface area contributed by atoms with Crippen LogP contribution in [-0.2, 0) is 16.0 Å². The van der Waals surface area contributed by atoms with Crippen LogP contribution in [0.1, 0.15) is 37.6 Å². The van der Waals surface area contributed by atoms with Gasteiger partial charge in [0.15, 0.2) is 0 Å². The number of H-pyrrole nitrogens is 1. The summed E-state index contributed by atoms with van der Waals surface area (Å²) in [7, 11) is 0. The van der Waals surface area contributed by atoms with Crippen LogP contribution in [-0.4, -0.2) is 33.8 Å². The normalized spacial score (nSPS) is 27.5. The van der Waals surface area contributed by atoms with Crippen molar-refractivity contribution >= 4 is 22.7 Å². The van der Waals surface area contributed by atoms with Crippen LogP contribution < -0.4 is 5.32 Å². The van der Waals surface area contributed by atoms with Gasteiger partial charge in [0.25, 0.3) is 0 Å². The van der Waals surface area contributed by atoms with Crippen molar-refractivity contribution in [1.82, 2.24) is 15.2 Å². The zero-order valence-corrected chi connectivity index (χ0v) is 12.7. The third kappa shape index (κ3) is 1.65.